The number of carbonyl (C=O) groups is 1. The molecule has 2 N–H and O–H groups in total. The summed E-state index contributed by atoms with van der Waals surface area (Å²) in [5.41, 5.74) is -0.593. The molecule has 1 aromatic heterocycles. The molecule has 0 spiro atoms. The molecule has 2 heterocycles. The van der Waals surface area contributed by atoms with E-state index in [1.807, 2.05) is 11.4 Å². The van der Waals surface area contributed by atoms with Crippen molar-refractivity contribution in [1.29, 1.82) is 0 Å². The molecule has 1 aliphatic rings. The Balaban J connectivity index is 2.17. The fourth-order valence-corrected chi connectivity index (χ4v) is 3.53. The Labute approximate surface area is 101 Å². The van der Waals surface area contributed by atoms with Crippen molar-refractivity contribution in [3.63, 3.8) is 0 Å². The maximum atomic E-state index is 11.3. The SMILES string of the molecule is O=C(O)C1(Cc2cc(Br)cs2)CCNC1. The molecule has 3 nitrogen and oxygen atoms in total. The molecule has 0 bridgehead atoms. The van der Waals surface area contributed by atoms with E-state index in [-0.39, 0.29) is 0 Å². The fourth-order valence-electron chi connectivity index (χ4n) is 1.93. The van der Waals surface area contributed by atoms with Gasteiger partial charge in [0.25, 0.3) is 0 Å². The van der Waals surface area contributed by atoms with Crippen LogP contribution in [0.5, 0.6) is 0 Å². The summed E-state index contributed by atoms with van der Waals surface area (Å²) in [5, 5.41) is 14.4. The number of halogens is 1. The monoisotopic (exact) mass is 289 g/mol. The van der Waals surface area contributed by atoms with Gasteiger partial charge in [-0.05, 0) is 41.4 Å². The van der Waals surface area contributed by atoms with Gasteiger partial charge in [0.1, 0.15) is 0 Å². The Hall–Kier alpha value is -0.390. The average molecular weight is 290 g/mol. The van der Waals surface area contributed by atoms with Crippen molar-refractivity contribution >= 4 is 33.2 Å². The van der Waals surface area contributed by atoms with Crippen molar-refractivity contribution in [3.05, 3.63) is 20.8 Å². The van der Waals surface area contributed by atoms with E-state index in [0.29, 0.717) is 13.0 Å². The molecule has 0 aromatic carbocycles. The minimum absolute atomic E-state index is 0.581. The molecule has 0 saturated carbocycles. The van der Waals surface area contributed by atoms with Gasteiger partial charge in [-0.1, -0.05) is 0 Å². The van der Waals surface area contributed by atoms with Gasteiger partial charge in [0.05, 0.1) is 5.41 Å². The van der Waals surface area contributed by atoms with Crippen molar-refractivity contribution < 1.29 is 9.90 Å². The molecular weight excluding hydrogens is 278 g/mol. The molecular formula is C10H12BrNO2S. The van der Waals surface area contributed by atoms with Gasteiger partial charge in [0.15, 0.2) is 0 Å². The van der Waals surface area contributed by atoms with Gasteiger partial charge in [0.2, 0.25) is 0 Å². The summed E-state index contributed by atoms with van der Waals surface area (Å²) in [6.07, 6.45) is 1.35. The summed E-state index contributed by atoms with van der Waals surface area (Å²) in [4.78, 5) is 12.4. The third-order valence-electron chi connectivity index (χ3n) is 2.83. The number of rotatable bonds is 3. The third-order valence-corrected chi connectivity index (χ3v) is 4.53. The molecule has 1 atom stereocenters. The summed E-state index contributed by atoms with van der Waals surface area (Å²) in [6.45, 7) is 1.39. The second-order valence-electron chi connectivity index (χ2n) is 3.92. The highest BCUT2D eigenvalue weighted by Gasteiger charge is 2.41. The Morgan fingerprint density at radius 1 is 1.73 bits per heavy atom. The van der Waals surface area contributed by atoms with Crippen LogP contribution in [0, 0.1) is 5.41 Å². The van der Waals surface area contributed by atoms with Crippen molar-refractivity contribution in [2.45, 2.75) is 12.8 Å². The summed E-state index contributed by atoms with van der Waals surface area (Å²) in [5.74, 6) is -0.683. The number of carboxylic acid groups (broad SMARTS) is 1. The van der Waals surface area contributed by atoms with Gasteiger partial charge in [-0.15, -0.1) is 11.3 Å². The van der Waals surface area contributed by atoms with Crippen LogP contribution >= 0.6 is 27.3 Å². The molecule has 1 aliphatic heterocycles. The van der Waals surface area contributed by atoms with Gasteiger partial charge < -0.3 is 10.4 Å². The normalized spacial score (nSPS) is 25.7. The highest BCUT2D eigenvalue weighted by Crippen LogP contribution is 2.33. The molecule has 2 rings (SSSR count). The number of nitrogens with one attached hydrogen (secondary N) is 1. The van der Waals surface area contributed by atoms with Gasteiger partial charge in [-0.2, -0.15) is 0 Å². The highest BCUT2D eigenvalue weighted by molar-refractivity contribution is 9.10. The van der Waals surface area contributed by atoms with Crippen molar-refractivity contribution in [1.82, 2.24) is 5.32 Å². The van der Waals surface area contributed by atoms with Crippen LogP contribution in [-0.2, 0) is 11.2 Å². The van der Waals surface area contributed by atoms with Crippen molar-refractivity contribution in [2.75, 3.05) is 13.1 Å². The zero-order valence-electron chi connectivity index (χ0n) is 8.12. The predicted molar refractivity (Wildman–Crippen MR) is 63.3 cm³/mol. The first kappa shape index (κ1) is 11.1. The van der Waals surface area contributed by atoms with Gasteiger partial charge in [0, 0.05) is 21.3 Å². The molecule has 5 heteroatoms. The minimum atomic E-state index is -0.683. The van der Waals surface area contributed by atoms with E-state index >= 15 is 0 Å². The Bertz CT molecular complexity index is 371. The van der Waals surface area contributed by atoms with E-state index in [1.165, 1.54) is 0 Å². The van der Waals surface area contributed by atoms with E-state index in [1.54, 1.807) is 11.3 Å². The average Bonchev–Trinajstić information content (AvgIpc) is 2.77. The lowest BCUT2D eigenvalue weighted by Gasteiger charge is -2.21. The van der Waals surface area contributed by atoms with Crippen LogP contribution in [0.3, 0.4) is 0 Å². The highest BCUT2D eigenvalue weighted by atomic mass is 79.9. The number of aliphatic carboxylic acids is 1. The zero-order valence-corrected chi connectivity index (χ0v) is 10.5. The van der Waals surface area contributed by atoms with E-state index in [0.717, 1.165) is 22.3 Å². The molecule has 82 valence electrons. The van der Waals surface area contributed by atoms with E-state index < -0.39 is 11.4 Å². The Kier molecular flexibility index (Phi) is 3.13. The lowest BCUT2D eigenvalue weighted by molar-refractivity contribution is -0.147. The number of hydrogen-bond donors (Lipinski definition) is 2. The molecule has 1 aromatic rings. The number of hydrogen-bond acceptors (Lipinski definition) is 3. The molecule has 1 fully saturated rings. The van der Waals surface area contributed by atoms with Crippen LogP contribution in [0.2, 0.25) is 0 Å². The minimum Gasteiger partial charge on any atom is -0.481 e. The summed E-state index contributed by atoms with van der Waals surface area (Å²) < 4.78 is 1.04. The summed E-state index contributed by atoms with van der Waals surface area (Å²) in [6, 6.07) is 2.01. The van der Waals surface area contributed by atoms with E-state index in [9.17, 15) is 9.90 Å². The van der Waals surface area contributed by atoms with Crippen LogP contribution in [0.1, 0.15) is 11.3 Å². The molecule has 0 aliphatic carbocycles. The van der Waals surface area contributed by atoms with E-state index in [2.05, 4.69) is 21.2 Å². The first-order valence-electron chi connectivity index (χ1n) is 4.79. The molecule has 0 radical (unpaired) electrons. The van der Waals surface area contributed by atoms with Gasteiger partial charge in [-0.3, -0.25) is 4.79 Å². The van der Waals surface area contributed by atoms with Crippen LogP contribution in [0.25, 0.3) is 0 Å². The second-order valence-corrected chi connectivity index (χ2v) is 5.83. The Morgan fingerprint density at radius 2 is 2.53 bits per heavy atom. The van der Waals surface area contributed by atoms with Gasteiger partial charge in [-0.25, -0.2) is 0 Å². The first-order valence-corrected chi connectivity index (χ1v) is 6.47. The smallest absolute Gasteiger partial charge is 0.311 e. The number of carboxylic acids is 1. The van der Waals surface area contributed by atoms with Crippen LogP contribution < -0.4 is 5.32 Å². The van der Waals surface area contributed by atoms with Gasteiger partial charge >= 0.3 is 5.97 Å². The summed E-state index contributed by atoms with van der Waals surface area (Å²) >= 11 is 5.00. The second kappa shape index (κ2) is 4.23. The fraction of sp³-hybridized carbons (Fsp3) is 0.500. The van der Waals surface area contributed by atoms with Crippen molar-refractivity contribution in [2.24, 2.45) is 5.41 Å². The third kappa shape index (κ3) is 2.24. The topological polar surface area (TPSA) is 49.3 Å². The molecule has 15 heavy (non-hydrogen) atoms. The Morgan fingerprint density at radius 3 is 3.00 bits per heavy atom. The lowest BCUT2D eigenvalue weighted by atomic mass is 9.83. The lowest BCUT2D eigenvalue weighted by Crippen LogP contribution is -2.35. The standard InChI is InChI=1S/C10H12BrNO2S/c11-7-3-8(15-5-7)4-10(9(13)14)1-2-12-6-10/h3,5,12H,1-2,4,6H2,(H,13,14). The maximum Gasteiger partial charge on any atom is 0.311 e. The maximum absolute atomic E-state index is 11.3. The first-order chi connectivity index (χ1) is 7.12. The number of thiophene rings is 1. The van der Waals surface area contributed by atoms with E-state index in [4.69, 9.17) is 0 Å². The quantitative estimate of drug-likeness (QED) is 0.896. The van der Waals surface area contributed by atoms with Crippen LogP contribution in [-0.4, -0.2) is 24.2 Å². The van der Waals surface area contributed by atoms with Crippen LogP contribution in [0.4, 0.5) is 0 Å². The molecule has 1 unspecified atom stereocenters. The predicted octanol–water partition coefficient (Wildman–Crippen LogP) is 2.12. The largest absolute Gasteiger partial charge is 0.481 e. The molecule has 0 amide bonds. The zero-order chi connectivity index (χ0) is 10.9. The summed E-state index contributed by atoms with van der Waals surface area (Å²) in [7, 11) is 0. The molecule has 1 saturated heterocycles. The van der Waals surface area contributed by atoms with Crippen molar-refractivity contribution in [3.8, 4) is 0 Å². The van der Waals surface area contributed by atoms with Crippen LogP contribution in [0.15, 0.2) is 15.9 Å².